The molecule has 68 valence electrons. The Morgan fingerprint density at radius 1 is 1.58 bits per heavy atom. The van der Waals surface area contributed by atoms with Crippen molar-refractivity contribution >= 4 is 0 Å². The second kappa shape index (κ2) is 3.67. The molecule has 1 aromatic heterocycles. The molecule has 0 bridgehead atoms. The molecular formula is C8H15N3O. The summed E-state index contributed by atoms with van der Waals surface area (Å²) in [6.07, 6.45) is 1.92. The molecule has 0 saturated heterocycles. The maximum Gasteiger partial charge on any atom is 0.0975 e. The Morgan fingerprint density at radius 3 is 2.67 bits per heavy atom. The van der Waals surface area contributed by atoms with E-state index >= 15 is 0 Å². The van der Waals surface area contributed by atoms with E-state index in [1.807, 2.05) is 0 Å². The van der Waals surface area contributed by atoms with E-state index in [0.29, 0.717) is 5.92 Å². The summed E-state index contributed by atoms with van der Waals surface area (Å²) in [4.78, 5) is 0. The summed E-state index contributed by atoms with van der Waals surface area (Å²) >= 11 is 0. The molecule has 1 N–H and O–H groups in total. The van der Waals surface area contributed by atoms with Gasteiger partial charge in [0.2, 0.25) is 0 Å². The van der Waals surface area contributed by atoms with Crippen LogP contribution in [0, 0.1) is 5.92 Å². The largest absolute Gasteiger partial charge is 0.387 e. The van der Waals surface area contributed by atoms with E-state index in [9.17, 15) is 5.11 Å². The van der Waals surface area contributed by atoms with Crippen molar-refractivity contribution in [2.75, 3.05) is 0 Å². The van der Waals surface area contributed by atoms with Crippen LogP contribution in [0.15, 0.2) is 6.20 Å². The van der Waals surface area contributed by atoms with E-state index in [2.05, 4.69) is 24.2 Å². The fraction of sp³-hybridized carbons (Fsp3) is 0.750. The second-order valence-corrected chi connectivity index (χ2v) is 3.43. The molecule has 0 aromatic carbocycles. The van der Waals surface area contributed by atoms with Crippen molar-refractivity contribution in [3.63, 3.8) is 0 Å². The zero-order chi connectivity index (χ0) is 9.14. The molecule has 1 aromatic rings. The molecule has 1 heterocycles. The van der Waals surface area contributed by atoms with Crippen LogP contribution in [0.1, 0.15) is 32.1 Å². The van der Waals surface area contributed by atoms with Crippen LogP contribution in [0.4, 0.5) is 0 Å². The van der Waals surface area contributed by atoms with Gasteiger partial charge in [0.1, 0.15) is 0 Å². The number of hydrogen-bond acceptors (Lipinski definition) is 3. The van der Waals surface area contributed by atoms with Crippen molar-refractivity contribution in [1.82, 2.24) is 15.0 Å². The Bertz CT molecular complexity index is 244. The molecule has 0 aliphatic rings. The summed E-state index contributed by atoms with van der Waals surface area (Å²) < 4.78 is 1.60. The minimum Gasteiger partial charge on any atom is -0.387 e. The van der Waals surface area contributed by atoms with E-state index in [1.54, 1.807) is 17.9 Å². The van der Waals surface area contributed by atoms with Crippen molar-refractivity contribution in [1.29, 1.82) is 0 Å². The molecule has 0 radical (unpaired) electrons. The monoisotopic (exact) mass is 169 g/mol. The van der Waals surface area contributed by atoms with Gasteiger partial charge in [-0.1, -0.05) is 19.1 Å². The standard InChI is InChI=1S/C8H15N3O/c1-6(2)4-8(12)7-5-9-10-11(7)3/h5-6,8,12H,4H2,1-3H3. The molecule has 12 heavy (non-hydrogen) atoms. The van der Waals surface area contributed by atoms with Crippen LogP contribution < -0.4 is 0 Å². The van der Waals surface area contributed by atoms with Gasteiger partial charge in [-0.3, -0.25) is 0 Å². The Hall–Kier alpha value is -0.900. The van der Waals surface area contributed by atoms with Crippen molar-refractivity contribution in [3.8, 4) is 0 Å². The number of aliphatic hydroxyl groups is 1. The average molecular weight is 169 g/mol. The molecule has 4 nitrogen and oxygen atoms in total. The molecule has 4 heteroatoms. The third-order valence-electron chi connectivity index (χ3n) is 1.79. The van der Waals surface area contributed by atoms with Gasteiger partial charge in [0.15, 0.2) is 0 Å². The fourth-order valence-electron chi connectivity index (χ4n) is 1.17. The van der Waals surface area contributed by atoms with Gasteiger partial charge in [-0.15, -0.1) is 5.10 Å². The molecule has 0 fully saturated rings. The lowest BCUT2D eigenvalue weighted by Crippen LogP contribution is -2.07. The van der Waals surface area contributed by atoms with Gasteiger partial charge in [-0.2, -0.15) is 0 Å². The Kier molecular flexibility index (Phi) is 2.81. The van der Waals surface area contributed by atoms with Gasteiger partial charge < -0.3 is 5.11 Å². The highest BCUT2D eigenvalue weighted by molar-refractivity contribution is 4.98. The maximum atomic E-state index is 9.66. The smallest absolute Gasteiger partial charge is 0.0975 e. The van der Waals surface area contributed by atoms with E-state index in [4.69, 9.17) is 0 Å². The van der Waals surface area contributed by atoms with Crippen LogP contribution in [0.3, 0.4) is 0 Å². The number of aliphatic hydroxyl groups excluding tert-OH is 1. The first-order chi connectivity index (χ1) is 5.61. The van der Waals surface area contributed by atoms with Crippen LogP contribution in [0.5, 0.6) is 0 Å². The molecule has 0 spiro atoms. The van der Waals surface area contributed by atoms with E-state index in [1.165, 1.54) is 0 Å². The van der Waals surface area contributed by atoms with Crippen LogP contribution in [0.25, 0.3) is 0 Å². The third-order valence-corrected chi connectivity index (χ3v) is 1.79. The minimum atomic E-state index is -0.440. The lowest BCUT2D eigenvalue weighted by atomic mass is 10.0. The van der Waals surface area contributed by atoms with Crippen LogP contribution in [-0.2, 0) is 7.05 Å². The molecule has 1 atom stereocenters. The van der Waals surface area contributed by atoms with Crippen molar-refractivity contribution < 1.29 is 5.11 Å². The van der Waals surface area contributed by atoms with Gasteiger partial charge in [-0.25, -0.2) is 4.68 Å². The SMILES string of the molecule is CC(C)CC(O)c1cnnn1C. The van der Waals surface area contributed by atoms with E-state index in [-0.39, 0.29) is 0 Å². The zero-order valence-corrected chi connectivity index (χ0v) is 7.73. The second-order valence-electron chi connectivity index (χ2n) is 3.43. The first-order valence-electron chi connectivity index (χ1n) is 4.14. The number of rotatable bonds is 3. The van der Waals surface area contributed by atoms with Crippen molar-refractivity contribution in [2.45, 2.75) is 26.4 Å². The summed E-state index contributed by atoms with van der Waals surface area (Å²) in [6.45, 7) is 4.15. The predicted octanol–water partition coefficient (Wildman–Crippen LogP) is 0.895. The van der Waals surface area contributed by atoms with Crippen molar-refractivity contribution in [2.24, 2.45) is 13.0 Å². The molecule has 1 rings (SSSR count). The van der Waals surface area contributed by atoms with Gasteiger partial charge in [-0.05, 0) is 12.3 Å². The van der Waals surface area contributed by atoms with Gasteiger partial charge in [0, 0.05) is 7.05 Å². The molecule has 0 aliphatic carbocycles. The Labute approximate surface area is 72.2 Å². The highest BCUT2D eigenvalue weighted by atomic mass is 16.3. The highest BCUT2D eigenvalue weighted by Crippen LogP contribution is 2.18. The van der Waals surface area contributed by atoms with Crippen LogP contribution >= 0.6 is 0 Å². The molecule has 0 amide bonds. The first-order valence-corrected chi connectivity index (χ1v) is 4.14. The molecule has 1 unspecified atom stereocenters. The number of aromatic nitrogens is 3. The van der Waals surface area contributed by atoms with Crippen molar-refractivity contribution in [3.05, 3.63) is 11.9 Å². The summed E-state index contributed by atoms with van der Waals surface area (Å²) in [5.41, 5.74) is 0.781. The quantitative estimate of drug-likeness (QED) is 0.731. The Morgan fingerprint density at radius 2 is 2.25 bits per heavy atom. The minimum absolute atomic E-state index is 0.440. The summed E-state index contributed by atoms with van der Waals surface area (Å²) in [5, 5.41) is 17.1. The normalized spacial score (nSPS) is 13.8. The molecular weight excluding hydrogens is 154 g/mol. The summed E-state index contributed by atoms with van der Waals surface area (Å²) in [6, 6.07) is 0. The topological polar surface area (TPSA) is 50.9 Å². The lowest BCUT2D eigenvalue weighted by molar-refractivity contribution is 0.142. The van der Waals surface area contributed by atoms with Gasteiger partial charge in [0.05, 0.1) is 18.0 Å². The van der Waals surface area contributed by atoms with Crippen LogP contribution in [0.2, 0.25) is 0 Å². The number of hydrogen-bond donors (Lipinski definition) is 1. The molecule has 0 aliphatic heterocycles. The Balaban J connectivity index is 2.65. The first kappa shape index (κ1) is 9.19. The summed E-state index contributed by atoms with van der Waals surface area (Å²) in [5.74, 6) is 0.481. The van der Waals surface area contributed by atoms with Crippen LogP contribution in [-0.4, -0.2) is 20.1 Å². The lowest BCUT2D eigenvalue weighted by Gasteiger charge is -2.11. The summed E-state index contributed by atoms with van der Waals surface area (Å²) in [7, 11) is 1.78. The highest BCUT2D eigenvalue weighted by Gasteiger charge is 2.13. The van der Waals surface area contributed by atoms with Gasteiger partial charge in [0.25, 0.3) is 0 Å². The van der Waals surface area contributed by atoms with Gasteiger partial charge >= 0.3 is 0 Å². The zero-order valence-electron chi connectivity index (χ0n) is 7.73. The number of aryl methyl sites for hydroxylation is 1. The molecule has 0 saturated carbocycles. The van der Waals surface area contributed by atoms with E-state index < -0.39 is 6.10 Å². The predicted molar refractivity (Wildman–Crippen MR) is 45.4 cm³/mol. The van der Waals surface area contributed by atoms with E-state index in [0.717, 1.165) is 12.1 Å². The fourth-order valence-corrected chi connectivity index (χ4v) is 1.17. The third kappa shape index (κ3) is 2.04. The number of nitrogens with zero attached hydrogens (tertiary/aromatic N) is 3. The maximum absolute atomic E-state index is 9.66. The average Bonchev–Trinajstić information content (AvgIpc) is 2.33.